The second kappa shape index (κ2) is 35.7. The highest BCUT2D eigenvalue weighted by molar-refractivity contribution is 7.19. The maximum Gasteiger partial charge on any atom is 0.333 e. The van der Waals surface area contributed by atoms with Gasteiger partial charge in [0.25, 0.3) is 38.9 Å². The maximum absolute atomic E-state index is 12.2. The predicted molar refractivity (Wildman–Crippen MR) is 476 cm³/mol. The van der Waals surface area contributed by atoms with Crippen LogP contribution in [0, 0.1) is 34.6 Å². The summed E-state index contributed by atoms with van der Waals surface area (Å²) in [7, 11) is 24.0. The van der Waals surface area contributed by atoms with Crippen LogP contribution in [-0.2, 0) is 112 Å². The molecule has 0 N–H and O–H groups in total. The molecule has 0 fully saturated rings. The molecule has 0 aliphatic rings. The molecule has 0 saturated heterocycles. The quantitative estimate of drug-likeness (QED) is 0.147. The molecule has 0 spiro atoms. The number of rotatable bonds is 7. The number of aryl methyl sites for hydroxylation is 14. The summed E-state index contributed by atoms with van der Waals surface area (Å²) in [6, 6.07) is 0.130. The van der Waals surface area contributed by atoms with Crippen molar-refractivity contribution < 1.29 is 4.42 Å². The second-order valence-electron chi connectivity index (χ2n) is 30.9. The Morgan fingerprint density at radius 3 is 1.09 bits per heavy atom. The molecular formula is C80H111N19O15S4. The van der Waals surface area contributed by atoms with Crippen molar-refractivity contribution in [3.63, 3.8) is 0 Å². The highest BCUT2D eigenvalue weighted by atomic mass is 32.1. The molecule has 14 aromatic heterocycles. The SMILES string of the molecule is C.CC(C)c1c2c(=O)n(C)c(=O)n(C)c2nn1C.CC(C)c1nsc2c1c(=O)n(C)c(=O)n2C.CCc1sc2c(c1C)c(=O)n(C)c(=O)n2C.Cc1nc2c(c(=O)n(C)c(=O)n2C)n1C(C)C.Cc1oc2c(c1C(C)C)c(=O)n(C)c(=O)n2C.Cc1sc2c(c1C(C)C)c(=O)n(C)c(=O)n2C.Cc1sc2c(c1C(C)C)c(=O)n(C)c(=O)n2C. The lowest BCUT2D eigenvalue weighted by Crippen LogP contribution is -2.37. The van der Waals surface area contributed by atoms with Crippen LogP contribution in [0.2, 0.25) is 0 Å². The summed E-state index contributed by atoms with van der Waals surface area (Å²) in [6.45, 7) is 35.9. The summed E-state index contributed by atoms with van der Waals surface area (Å²) in [6.07, 6.45) is 0.891. The van der Waals surface area contributed by atoms with Crippen molar-refractivity contribution in [1.82, 2.24) is 87.6 Å². The van der Waals surface area contributed by atoms with Crippen LogP contribution in [0.25, 0.3) is 74.2 Å². The van der Waals surface area contributed by atoms with Gasteiger partial charge in [-0.15, -0.1) is 34.0 Å². The first-order valence-corrected chi connectivity index (χ1v) is 41.0. The summed E-state index contributed by atoms with van der Waals surface area (Å²) in [5.41, 5.74) is 3.57. The van der Waals surface area contributed by atoms with Gasteiger partial charge in [-0.1, -0.05) is 83.6 Å². The molecule has 0 bridgehead atoms. The van der Waals surface area contributed by atoms with Gasteiger partial charge in [-0.3, -0.25) is 102 Å². The molecule has 0 atom stereocenters. The number of aromatic nitrogens is 19. The van der Waals surface area contributed by atoms with Gasteiger partial charge in [0.2, 0.25) is 5.71 Å². The molecule has 34 nitrogen and oxygen atoms in total. The number of furan rings is 1. The van der Waals surface area contributed by atoms with Crippen LogP contribution in [0.1, 0.15) is 193 Å². The monoisotopic (exact) mass is 1710 g/mol. The zero-order valence-corrected chi connectivity index (χ0v) is 76.2. The van der Waals surface area contributed by atoms with E-state index in [2.05, 4.69) is 49.1 Å². The number of fused-ring (bicyclic) bond motifs is 7. The molecule has 640 valence electrons. The molecule has 118 heavy (non-hydrogen) atoms. The molecule has 0 unspecified atom stereocenters. The number of thiophene rings is 3. The highest BCUT2D eigenvalue weighted by Gasteiger charge is 2.27. The number of imidazole rings is 1. The standard InChI is InChI=1S/C12H16N2O3.2C12H16N2O2S.2C11H16N4O2.C11H14N2O2S.C10H13N3O2S.CH4/c3*1-6(2)8-7(3)17-11-9(8)10(15)13(4)12(16)14(11)5;1-6(2)8-7-9(12-15(8)5)13(3)11(17)14(4)10(7)16;1-6(2)15-7(3)12-9-8(15)10(16)14(5)11(17)13(9)4;1-5-7-6(2)8-9(14)12(3)11(15)13(4)10(8)16-7;1-5(2)7-6-8(14)12(3)10(15)13(4)9(6)16-11-7;/h5*6H,1-5H3;5H2,1-4H3;5H,1-4H3;1H4. The van der Waals surface area contributed by atoms with Crippen LogP contribution in [0.3, 0.4) is 0 Å². The highest BCUT2D eigenvalue weighted by Crippen LogP contribution is 2.35. The van der Waals surface area contributed by atoms with Crippen molar-refractivity contribution in [2.24, 2.45) is 106 Å². The summed E-state index contributed by atoms with van der Waals surface area (Å²) in [5, 5.41) is 7.98. The Labute approximate surface area is 693 Å². The van der Waals surface area contributed by atoms with Gasteiger partial charge in [0.05, 0.1) is 32.9 Å². The fraction of sp³-hybridized carbons (Fsp3) is 0.512. The van der Waals surface area contributed by atoms with Gasteiger partial charge in [-0.05, 0) is 113 Å². The molecule has 38 heteroatoms. The number of hydrogen-bond acceptors (Lipinski definition) is 22. The molecule has 0 aliphatic carbocycles. The molecule has 0 amide bonds. The van der Waals surface area contributed by atoms with Gasteiger partial charge in [0, 0.05) is 132 Å². The zero-order valence-electron chi connectivity index (χ0n) is 72.9. The van der Waals surface area contributed by atoms with Crippen molar-refractivity contribution in [3.8, 4) is 0 Å². The molecule has 0 aliphatic heterocycles. The smallest absolute Gasteiger partial charge is 0.333 e. The topological polar surface area (TPSA) is 370 Å². The van der Waals surface area contributed by atoms with Gasteiger partial charge < -0.3 is 8.98 Å². The van der Waals surface area contributed by atoms with Crippen molar-refractivity contribution in [3.05, 3.63) is 206 Å². The lowest BCUT2D eigenvalue weighted by Gasteiger charge is -2.10. The van der Waals surface area contributed by atoms with Crippen LogP contribution in [0.5, 0.6) is 0 Å². The summed E-state index contributed by atoms with van der Waals surface area (Å²) >= 11 is 5.78. The Balaban J connectivity index is 0.000000190. The van der Waals surface area contributed by atoms with E-state index in [1.807, 2.05) is 94.6 Å². The van der Waals surface area contributed by atoms with E-state index in [1.165, 1.54) is 132 Å². The fourth-order valence-electron chi connectivity index (χ4n) is 14.7. The van der Waals surface area contributed by atoms with E-state index in [0.717, 1.165) is 88.4 Å². The molecule has 0 radical (unpaired) electrons. The fourth-order valence-corrected chi connectivity index (χ4v) is 19.4. The third-order valence-corrected chi connectivity index (χ3v) is 25.7. The minimum absolute atomic E-state index is 0. The first-order chi connectivity index (χ1) is 54.2. The van der Waals surface area contributed by atoms with E-state index in [1.54, 1.807) is 74.8 Å². The molecule has 14 rings (SSSR count). The lowest BCUT2D eigenvalue weighted by atomic mass is 10.0. The minimum atomic E-state index is -0.369. The molecule has 14 aromatic rings. The summed E-state index contributed by atoms with van der Waals surface area (Å²) in [4.78, 5) is 178. The van der Waals surface area contributed by atoms with E-state index < -0.39 is 0 Å². The Morgan fingerprint density at radius 2 is 0.703 bits per heavy atom. The third kappa shape index (κ3) is 16.3. The van der Waals surface area contributed by atoms with Crippen molar-refractivity contribution >= 4 is 120 Å². The van der Waals surface area contributed by atoms with Gasteiger partial charge >= 0.3 is 39.8 Å². The first kappa shape index (κ1) is 94.2. The van der Waals surface area contributed by atoms with Crippen molar-refractivity contribution in [2.45, 2.75) is 174 Å². The van der Waals surface area contributed by atoms with Gasteiger partial charge in [-0.25, -0.2) is 38.5 Å². The van der Waals surface area contributed by atoms with Crippen LogP contribution in [0.4, 0.5) is 0 Å². The van der Waals surface area contributed by atoms with Crippen molar-refractivity contribution in [1.29, 1.82) is 0 Å². The Bertz CT molecular complexity index is 6550. The van der Waals surface area contributed by atoms with E-state index in [9.17, 15) is 67.1 Å². The van der Waals surface area contributed by atoms with Crippen LogP contribution in [-0.4, -0.2) is 87.6 Å². The van der Waals surface area contributed by atoms with Crippen LogP contribution < -0.4 is 78.7 Å². The maximum atomic E-state index is 12.2. The second-order valence-corrected chi connectivity index (χ2v) is 35.1. The Kier molecular flexibility index (Phi) is 28.5. The number of hydrogen-bond donors (Lipinski definition) is 0. The summed E-state index contributed by atoms with van der Waals surface area (Å²) in [5.74, 6) is 2.56. The predicted octanol–water partition coefficient (Wildman–Crippen LogP) is 7.76. The molecule has 0 aromatic carbocycles. The van der Waals surface area contributed by atoms with Crippen LogP contribution in [0.15, 0.2) is 71.5 Å². The van der Waals surface area contributed by atoms with E-state index in [4.69, 9.17) is 4.42 Å². The van der Waals surface area contributed by atoms with Gasteiger partial charge in [0.1, 0.15) is 41.7 Å². The third-order valence-electron chi connectivity index (χ3n) is 20.9. The van der Waals surface area contributed by atoms with E-state index >= 15 is 0 Å². The van der Waals surface area contributed by atoms with E-state index in [0.29, 0.717) is 65.4 Å². The normalized spacial score (nSPS) is 11.5. The molecule has 0 saturated carbocycles. The molecular weight excluding hydrogens is 1600 g/mol. The van der Waals surface area contributed by atoms with Crippen LogP contribution >= 0.6 is 45.5 Å². The van der Waals surface area contributed by atoms with Gasteiger partial charge in [0.15, 0.2) is 16.8 Å². The number of nitrogens with zero attached hydrogens (tertiary/aromatic N) is 19. The zero-order chi connectivity index (χ0) is 88.6. The summed E-state index contributed by atoms with van der Waals surface area (Å²) < 4.78 is 31.7. The van der Waals surface area contributed by atoms with E-state index in [-0.39, 0.29) is 122 Å². The average molecular weight is 1710 g/mol. The lowest BCUT2D eigenvalue weighted by molar-refractivity contribution is 0.531. The Morgan fingerprint density at radius 1 is 0.356 bits per heavy atom. The largest absolute Gasteiger partial charge is 0.444 e. The average Bonchev–Trinajstić information content (AvgIpc) is 1.61. The molecule has 14 heterocycles. The first-order valence-electron chi connectivity index (χ1n) is 37.8. The minimum Gasteiger partial charge on any atom is -0.444 e. The van der Waals surface area contributed by atoms with Gasteiger partial charge in [-0.2, -0.15) is 9.47 Å². The van der Waals surface area contributed by atoms with Crippen molar-refractivity contribution in [2.75, 3.05) is 0 Å². The Hall–Kier alpha value is -11.0.